The molecule has 1 saturated heterocycles. The van der Waals surface area contributed by atoms with Crippen molar-refractivity contribution in [1.82, 2.24) is 9.29 Å². The Morgan fingerprint density at radius 2 is 2.08 bits per heavy atom. The number of hydrogen-bond donors (Lipinski definition) is 1. The van der Waals surface area contributed by atoms with Crippen molar-refractivity contribution in [3.63, 3.8) is 0 Å². The number of rotatable bonds is 4. The van der Waals surface area contributed by atoms with Crippen LogP contribution < -0.4 is 5.32 Å². The quantitative estimate of drug-likeness (QED) is 0.799. The van der Waals surface area contributed by atoms with E-state index in [1.807, 2.05) is 18.2 Å². The predicted molar refractivity (Wildman–Crippen MR) is 102 cm³/mol. The first-order chi connectivity index (χ1) is 11.3. The lowest BCUT2D eigenvalue weighted by Crippen LogP contribution is -2.39. The third kappa shape index (κ3) is 4.02. The number of nitrogens with zero attached hydrogens (tertiary/aromatic N) is 2. The number of piperidine rings is 1. The maximum atomic E-state index is 11.6. The summed E-state index contributed by atoms with van der Waals surface area (Å²) in [5.41, 5.74) is 1.77. The van der Waals surface area contributed by atoms with Gasteiger partial charge in [0.05, 0.1) is 16.8 Å². The second-order valence-electron chi connectivity index (χ2n) is 6.13. The summed E-state index contributed by atoms with van der Waals surface area (Å²) in [5.74, 6) is 0.453. The fourth-order valence-corrected chi connectivity index (χ4v) is 4.76. The van der Waals surface area contributed by atoms with Crippen LogP contribution in [0, 0.1) is 5.92 Å². The van der Waals surface area contributed by atoms with Gasteiger partial charge in [0.1, 0.15) is 0 Å². The van der Waals surface area contributed by atoms with Crippen molar-refractivity contribution in [3.05, 3.63) is 33.9 Å². The molecule has 1 aliphatic rings. The monoisotopic (exact) mass is 431 g/mol. The molecular weight excluding hydrogens is 414 g/mol. The van der Waals surface area contributed by atoms with Crippen LogP contribution in [0.3, 0.4) is 0 Å². The molecule has 0 atom stereocenters. The molecular formula is C16H19BrClN3O2S. The maximum Gasteiger partial charge on any atom is 0.211 e. The van der Waals surface area contributed by atoms with Crippen LogP contribution in [-0.2, 0) is 10.0 Å². The molecule has 0 amide bonds. The van der Waals surface area contributed by atoms with Gasteiger partial charge in [0, 0.05) is 41.4 Å². The summed E-state index contributed by atoms with van der Waals surface area (Å²) >= 11 is 9.73. The molecule has 2 aromatic rings. The van der Waals surface area contributed by atoms with E-state index in [4.69, 9.17) is 11.6 Å². The summed E-state index contributed by atoms with van der Waals surface area (Å²) in [5, 5.41) is 5.07. The van der Waals surface area contributed by atoms with E-state index in [-0.39, 0.29) is 0 Å². The molecule has 0 unspecified atom stereocenters. The van der Waals surface area contributed by atoms with Crippen LogP contribution in [0.15, 0.2) is 28.9 Å². The molecule has 1 aliphatic heterocycles. The van der Waals surface area contributed by atoms with Crippen LogP contribution in [0.5, 0.6) is 0 Å². The Hall–Kier alpha value is -0.890. The second-order valence-corrected chi connectivity index (χ2v) is 9.43. The lowest BCUT2D eigenvalue weighted by molar-refractivity contribution is 0.283. The molecule has 2 heterocycles. The van der Waals surface area contributed by atoms with E-state index < -0.39 is 10.0 Å². The summed E-state index contributed by atoms with van der Waals surface area (Å²) in [7, 11) is -3.07. The Morgan fingerprint density at radius 1 is 1.38 bits per heavy atom. The Labute approximate surface area is 155 Å². The van der Waals surface area contributed by atoms with Crippen molar-refractivity contribution >= 4 is 54.1 Å². The molecule has 24 heavy (non-hydrogen) atoms. The lowest BCUT2D eigenvalue weighted by Gasteiger charge is -2.30. The number of fused-ring (bicyclic) bond motifs is 1. The van der Waals surface area contributed by atoms with Gasteiger partial charge in [0.25, 0.3) is 0 Å². The van der Waals surface area contributed by atoms with Gasteiger partial charge in [-0.2, -0.15) is 0 Å². The number of sulfonamides is 1. The molecule has 0 aliphatic carbocycles. The van der Waals surface area contributed by atoms with Crippen molar-refractivity contribution < 1.29 is 8.42 Å². The number of benzene rings is 1. The molecule has 1 N–H and O–H groups in total. The Morgan fingerprint density at radius 3 is 2.75 bits per heavy atom. The number of anilines is 1. The number of hydrogen-bond acceptors (Lipinski definition) is 4. The van der Waals surface area contributed by atoms with Crippen LogP contribution in [0.25, 0.3) is 10.9 Å². The van der Waals surface area contributed by atoms with Gasteiger partial charge >= 0.3 is 0 Å². The van der Waals surface area contributed by atoms with Crippen LogP contribution in [-0.4, -0.2) is 43.6 Å². The highest BCUT2D eigenvalue weighted by molar-refractivity contribution is 9.10. The first kappa shape index (κ1) is 17.9. The average Bonchev–Trinajstić information content (AvgIpc) is 2.52. The van der Waals surface area contributed by atoms with E-state index in [0.717, 1.165) is 40.4 Å². The normalized spacial score (nSPS) is 17.3. The molecule has 130 valence electrons. The molecule has 1 fully saturated rings. The Bertz CT molecular complexity index is 852. The van der Waals surface area contributed by atoms with E-state index in [1.165, 1.54) is 6.26 Å². The van der Waals surface area contributed by atoms with Crippen molar-refractivity contribution in [1.29, 1.82) is 0 Å². The third-order valence-corrected chi connectivity index (χ3v) is 6.44. The highest BCUT2D eigenvalue weighted by atomic mass is 79.9. The first-order valence-corrected chi connectivity index (χ1v) is 10.8. The van der Waals surface area contributed by atoms with Crippen molar-refractivity contribution in [3.8, 4) is 0 Å². The smallest absolute Gasteiger partial charge is 0.211 e. The van der Waals surface area contributed by atoms with Crippen molar-refractivity contribution in [2.75, 3.05) is 31.2 Å². The molecule has 1 aromatic carbocycles. The summed E-state index contributed by atoms with van der Waals surface area (Å²) in [6, 6.07) is 5.78. The lowest BCUT2D eigenvalue weighted by atomic mass is 9.98. The fourth-order valence-electron chi connectivity index (χ4n) is 3.03. The number of aromatic nitrogens is 1. The minimum Gasteiger partial charge on any atom is -0.384 e. The predicted octanol–water partition coefficient (Wildman–Crippen LogP) is 3.73. The van der Waals surface area contributed by atoms with Gasteiger partial charge in [-0.25, -0.2) is 12.7 Å². The summed E-state index contributed by atoms with van der Waals surface area (Å²) in [6.07, 6.45) is 4.76. The van der Waals surface area contributed by atoms with E-state index in [9.17, 15) is 8.42 Å². The van der Waals surface area contributed by atoms with Gasteiger partial charge in [0.15, 0.2) is 0 Å². The van der Waals surface area contributed by atoms with Gasteiger partial charge < -0.3 is 5.32 Å². The molecule has 8 heteroatoms. The fraction of sp³-hybridized carbons (Fsp3) is 0.438. The number of halogens is 2. The zero-order chi connectivity index (χ0) is 17.3. The van der Waals surface area contributed by atoms with Gasteiger partial charge in [0.2, 0.25) is 10.0 Å². The minimum absolute atomic E-state index is 0.453. The number of pyridine rings is 1. The van der Waals surface area contributed by atoms with Gasteiger partial charge in [-0.1, -0.05) is 27.5 Å². The highest BCUT2D eigenvalue weighted by Crippen LogP contribution is 2.31. The van der Waals surface area contributed by atoms with E-state index in [0.29, 0.717) is 24.0 Å². The average molecular weight is 433 g/mol. The first-order valence-electron chi connectivity index (χ1n) is 7.77. The molecule has 0 spiro atoms. The maximum absolute atomic E-state index is 11.6. The molecule has 0 saturated carbocycles. The largest absolute Gasteiger partial charge is 0.384 e. The van der Waals surface area contributed by atoms with Crippen molar-refractivity contribution in [2.45, 2.75) is 12.8 Å². The summed E-state index contributed by atoms with van der Waals surface area (Å²) in [4.78, 5) is 4.35. The van der Waals surface area contributed by atoms with Crippen molar-refractivity contribution in [2.24, 2.45) is 5.92 Å². The topological polar surface area (TPSA) is 62.3 Å². The molecule has 3 rings (SSSR count). The van der Waals surface area contributed by atoms with E-state index >= 15 is 0 Å². The Balaban J connectivity index is 1.69. The minimum atomic E-state index is -3.07. The van der Waals surface area contributed by atoms with Crippen LogP contribution in [0.4, 0.5) is 5.69 Å². The standard InChI is InChI=1S/C16H19BrClN3O2S/c1-24(22,23)21-6-3-11(4-7-21)10-20-15-2-5-19-16-13(15)8-12(17)9-14(16)18/h2,5,8-9,11H,3-4,6-7,10H2,1H3,(H,19,20). The van der Waals surface area contributed by atoms with E-state index in [2.05, 4.69) is 26.2 Å². The van der Waals surface area contributed by atoms with Crippen LogP contribution in [0.1, 0.15) is 12.8 Å². The number of nitrogens with one attached hydrogen (secondary N) is 1. The second kappa shape index (κ2) is 7.15. The van der Waals surface area contributed by atoms with Crippen LogP contribution >= 0.6 is 27.5 Å². The summed E-state index contributed by atoms with van der Waals surface area (Å²) < 4.78 is 25.6. The van der Waals surface area contributed by atoms with Gasteiger partial charge in [-0.15, -0.1) is 0 Å². The SMILES string of the molecule is CS(=O)(=O)N1CCC(CNc2ccnc3c(Cl)cc(Br)cc23)CC1. The van der Waals surface area contributed by atoms with Crippen LogP contribution in [0.2, 0.25) is 5.02 Å². The third-order valence-electron chi connectivity index (χ3n) is 4.39. The Kier molecular flexibility index (Phi) is 5.34. The molecule has 5 nitrogen and oxygen atoms in total. The van der Waals surface area contributed by atoms with E-state index in [1.54, 1.807) is 10.5 Å². The highest BCUT2D eigenvalue weighted by Gasteiger charge is 2.24. The summed E-state index contributed by atoms with van der Waals surface area (Å²) in [6.45, 7) is 2.00. The molecule has 0 radical (unpaired) electrons. The zero-order valence-electron chi connectivity index (χ0n) is 13.3. The molecule has 1 aromatic heterocycles. The van der Waals surface area contributed by atoms with Gasteiger partial charge in [-0.05, 0) is 37.0 Å². The zero-order valence-corrected chi connectivity index (χ0v) is 16.5. The van der Waals surface area contributed by atoms with Gasteiger partial charge in [-0.3, -0.25) is 4.98 Å². The molecule has 0 bridgehead atoms.